The quantitative estimate of drug-likeness (QED) is 0.922. The van der Waals surface area contributed by atoms with Crippen LogP contribution in [-0.4, -0.2) is 11.1 Å². The van der Waals surface area contributed by atoms with E-state index in [1.165, 1.54) is 0 Å². The van der Waals surface area contributed by atoms with Gasteiger partial charge in [-0.1, -0.05) is 6.07 Å². The molecule has 0 bridgehead atoms. The highest BCUT2D eigenvalue weighted by Crippen LogP contribution is 2.26. The topological polar surface area (TPSA) is 81.2 Å². The fourth-order valence-electron chi connectivity index (χ4n) is 1.56. The van der Waals surface area contributed by atoms with Gasteiger partial charge in [-0.2, -0.15) is 10.2 Å². The number of nitrogen functional groups attached to an aromatic ring is 1. The average molecular weight is 269 g/mol. The van der Waals surface area contributed by atoms with Crippen LogP contribution in [0.25, 0.3) is 0 Å². The third kappa shape index (κ3) is 3.39. The van der Waals surface area contributed by atoms with Gasteiger partial charge < -0.3 is 15.2 Å². The predicted molar refractivity (Wildman–Crippen MR) is 75.6 cm³/mol. The zero-order valence-electron chi connectivity index (χ0n) is 11.3. The number of pyridine rings is 1. The minimum Gasteiger partial charge on any atom is -0.473 e. The predicted octanol–water partition coefficient (Wildman–Crippen LogP) is 3.11. The lowest BCUT2D eigenvalue weighted by Crippen LogP contribution is -2.09. The molecule has 0 unspecified atom stereocenters. The summed E-state index contributed by atoms with van der Waals surface area (Å²) in [5.74, 6) is 1.25. The first-order valence-electron chi connectivity index (χ1n) is 6.19. The van der Waals surface area contributed by atoms with E-state index < -0.39 is 0 Å². The first-order valence-corrected chi connectivity index (χ1v) is 6.19. The van der Waals surface area contributed by atoms with E-state index in [0.29, 0.717) is 28.8 Å². The third-order valence-corrected chi connectivity index (χ3v) is 2.40. The largest absolute Gasteiger partial charge is 0.473 e. The fourth-order valence-corrected chi connectivity index (χ4v) is 1.56. The van der Waals surface area contributed by atoms with E-state index in [9.17, 15) is 0 Å². The first-order chi connectivity index (χ1) is 9.58. The van der Waals surface area contributed by atoms with Crippen molar-refractivity contribution >= 4 is 5.69 Å². The van der Waals surface area contributed by atoms with Crippen molar-refractivity contribution in [1.82, 2.24) is 4.98 Å². The summed E-state index contributed by atoms with van der Waals surface area (Å²) in [7, 11) is 0. The van der Waals surface area contributed by atoms with Crippen molar-refractivity contribution < 1.29 is 9.47 Å². The molecule has 0 saturated heterocycles. The molecule has 2 rings (SSSR count). The number of ether oxygens (including phenoxy) is 2. The molecule has 0 amide bonds. The second-order valence-electron chi connectivity index (χ2n) is 4.45. The van der Waals surface area contributed by atoms with Crippen molar-refractivity contribution in [1.29, 1.82) is 5.26 Å². The Morgan fingerprint density at radius 2 is 2.05 bits per heavy atom. The molecule has 1 aromatic carbocycles. The molecule has 0 aliphatic carbocycles. The minimum absolute atomic E-state index is 0.0260. The molecule has 0 aliphatic rings. The Kier molecular flexibility index (Phi) is 4.06. The summed E-state index contributed by atoms with van der Waals surface area (Å²) in [6.45, 7) is 3.79. The number of nitriles is 1. The van der Waals surface area contributed by atoms with Crippen LogP contribution in [0.2, 0.25) is 0 Å². The van der Waals surface area contributed by atoms with Gasteiger partial charge in [0.2, 0.25) is 11.8 Å². The maximum Gasteiger partial charge on any atom is 0.240 e. The summed E-state index contributed by atoms with van der Waals surface area (Å²) in [5.41, 5.74) is 6.77. The number of rotatable bonds is 4. The Balaban J connectivity index is 2.23. The molecular weight excluding hydrogens is 254 g/mol. The van der Waals surface area contributed by atoms with Gasteiger partial charge in [-0.25, -0.2) is 0 Å². The highest BCUT2D eigenvalue weighted by Gasteiger charge is 2.08. The van der Waals surface area contributed by atoms with Crippen molar-refractivity contribution in [2.45, 2.75) is 20.0 Å². The van der Waals surface area contributed by atoms with Crippen molar-refractivity contribution in [3.05, 3.63) is 42.0 Å². The maximum absolute atomic E-state index is 8.85. The highest BCUT2D eigenvalue weighted by molar-refractivity contribution is 5.50. The van der Waals surface area contributed by atoms with Crippen LogP contribution in [0.4, 0.5) is 5.69 Å². The van der Waals surface area contributed by atoms with E-state index in [1.54, 1.807) is 36.4 Å². The number of nitrogens with two attached hydrogens (primary N) is 1. The zero-order valence-corrected chi connectivity index (χ0v) is 11.3. The smallest absolute Gasteiger partial charge is 0.240 e. The lowest BCUT2D eigenvalue weighted by Gasteiger charge is -2.12. The van der Waals surface area contributed by atoms with E-state index in [1.807, 2.05) is 13.8 Å². The number of anilines is 1. The normalized spacial score (nSPS) is 10.1. The highest BCUT2D eigenvalue weighted by atomic mass is 16.5. The molecule has 102 valence electrons. The molecule has 1 heterocycles. The summed E-state index contributed by atoms with van der Waals surface area (Å²) in [5, 5.41) is 8.85. The fraction of sp³-hybridized carbons (Fsp3) is 0.200. The van der Waals surface area contributed by atoms with Crippen LogP contribution in [0.15, 0.2) is 36.4 Å². The summed E-state index contributed by atoms with van der Waals surface area (Å²) >= 11 is 0. The molecule has 0 aliphatic heterocycles. The van der Waals surface area contributed by atoms with Crippen LogP contribution >= 0.6 is 0 Å². The van der Waals surface area contributed by atoms with Crippen LogP contribution in [0.3, 0.4) is 0 Å². The standard InChI is InChI=1S/C15H15N3O2/c1-10(2)19-15-13(17)6-7-14(18-15)20-12-5-3-4-11(8-12)9-16/h3-8,10H,17H2,1-2H3. The van der Waals surface area contributed by atoms with Crippen molar-refractivity contribution in [2.75, 3.05) is 5.73 Å². The Hall–Kier alpha value is -2.74. The first kappa shape index (κ1) is 13.7. The molecule has 0 fully saturated rings. The van der Waals surface area contributed by atoms with E-state index in [2.05, 4.69) is 11.1 Å². The number of hydrogen-bond acceptors (Lipinski definition) is 5. The molecule has 0 spiro atoms. The molecule has 0 atom stereocenters. The zero-order chi connectivity index (χ0) is 14.5. The Bertz CT molecular complexity index is 648. The second-order valence-corrected chi connectivity index (χ2v) is 4.45. The monoisotopic (exact) mass is 269 g/mol. The van der Waals surface area contributed by atoms with Crippen molar-refractivity contribution in [3.63, 3.8) is 0 Å². The van der Waals surface area contributed by atoms with E-state index in [0.717, 1.165) is 0 Å². The molecule has 0 saturated carbocycles. The van der Waals surface area contributed by atoms with E-state index >= 15 is 0 Å². The Morgan fingerprint density at radius 1 is 1.25 bits per heavy atom. The second kappa shape index (κ2) is 5.93. The molecule has 0 radical (unpaired) electrons. The van der Waals surface area contributed by atoms with Crippen LogP contribution in [0.5, 0.6) is 17.5 Å². The third-order valence-electron chi connectivity index (χ3n) is 2.40. The molecule has 5 nitrogen and oxygen atoms in total. The van der Waals surface area contributed by atoms with E-state index in [-0.39, 0.29) is 6.10 Å². The summed E-state index contributed by atoms with van der Waals surface area (Å²) < 4.78 is 11.1. The van der Waals surface area contributed by atoms with Gasteiger partial charge in [-0.05, 0) is 38.1 Å². The van der Waals surface area contributed by atoms with Gasteiger partial charge in [0.1, 0.15) is 5.75 Å². The van der Waals surface area contributed by atoms with Gasteiger partial charge in [0, 0.05) is 6.07 Å². The summed E-state index contributed by atoms with van der Waals surface area (Å²) in [6.07, 6.45) is -0.0260. The van der Waals surface area contributed by atoms with Gasteiger partial charge in [-0.15, -0.1) is 0 Å². The number of nitrogens with zero attached hydrogens (tertiary/aromatic N) is 2. The lowest BCUT2D eigenvalue weighted by molar-refractivity contribution is 0.232. The van der Waals surface area contributed by atoms with Crippen molar-refractivity contribution in [2.24, 2.45) is 0 Å². The molecule has 2 N–H and O–H groups in total. The van der Waals surface area contributed by atoms with Crippen LogP contribution in [0.1, 0.15) is 19.4 Å². The van der Waals surface area contributed by atoms with Crippen LogP contribution < -0.4 is 15.2 Å². The van der Waals surface area contributed by atoms with Gasteiger partial charge in [0.05, 0.1) is 23.4 Å². The molecule has 20 heavy (non-hydrogen) atoms. The molecule has 1 aromatic heterocycles. The SMILES string of the molecule is CC(C)Oc1nc(Oc2cccc(C#N)c2)ccc1N. The van der Waals surface area contributed by atoms with Crippen LogP contribution in [0, 0.1) is 11.3 Å². The molecule has 2 aromatic rings. The van der Waals surface area contributed by atoms with Gasteiger partial charge in [0.15, 0.2) is 0 Å². The Morgan fingerprint density at radius 3 is 2.75 bits per heavy atom. The maximum atomic E-state index is 8.85. The number of aromatic nitrogens is 1. The Labute approximate surface area is 117 Å². The summed E-state index contributed by atoms with van der Waals surface area (Å²) in [4.78, 5) is 4.21. The average Bonchev–Trinajstić information content (AvgIpc) is 2.42. The van der Waals surface area contributed by atoms with Gasteiger partial charge in [0.25, 0.3) is 0 Å². The number of benzene rings is 1. The minimum atomic E-state index is -0.0260. The van der Waals surface area contributed by atoms with E-state index in [4.69, 9.17) is 20.5 Å². The summed E-state index contributed by atoms with van der Waals surface area (Å²) in [6, 6.07) is 12.2. The number of hydrogen-bond donors (Lipinski definition) is 1. The van der Waals surface area contributed by atoms with Crippen molar-refractivity contribution in [3.8, 4) is 23.6 Å². The lowest BCUT2D eigenvalue weighted by atomic mass is 10.2. The van der Waals surface area contributed by atoms with Gasteiger partial charge in [-0.3, -0.25) is 0 Å². The van der Waals surface area contributed by atoms with Crippen LogP contribution in [-0.2, 0) is 0 Å². The molecule has 5 heteroatoms. The van der Waals surface area contributed by atoms with Gasteiger partial charge >= 0.3 is 0 Å². The molecular formula is C15H15N3O2.